The van der Waals surface area contributed by atoms with E-state index in [0.29, 0.717) is 17.3 Å². The summed E-state index contributed by atoms with van der Waals surface area (Å²) in [7, 11) is 1.48. The number of aromatic nitrogens is 2. The molecule has 2 aromatic rings. The lowest BCUT2D eigenvalue weighted by atomic mass is 10.0. The minimum atomic E-state index is -0.704. The zero-order valence-corrected chi connectivity index (χ0v) is 14.4. The second kappa shape index (κ2) is 7.04. The van der Waals surface area contributed by atoms with Crippen molar-refractivity contribution in [2.75, 3.05) is 13.2 Å². The van der Waals surface area contributed by atoms with Crippen LogP contribution in [0.15, 0.2) is 29.1 Å². The van der Waals surface area contributed by atoms with Gasteiger partial charge in [0.1, 0.15) is 0 Å². The number of hydrogen-bond donors (Lipinski definition) is 0. The van der Waals surface area contributed by atoms with E-state index < -0.39 is 5.97 Å². The van der Waals surface area contributed by atoms with E-state index in [2.05, 4.69) is 5.10 Å². The SMILES string of the molecule is CC1CCCCN1C(=O)COC(=O)c1nn(C)c(=O)c2ccccc12. The molecule has 1 aromatic carbocycles. The third kappa shape index (κ3) is 3.40. The van der Waals surface area contributed by atoms with E-state index in [1.54, 1.807) is 29.2 Å². The molecule has 0 bridgehead atoms. The Hall–Kier alpha value is -2.70. The lowest BCUT2D eigenvalue weighted by Gasteiger charge is -2.33. The molecular formula is C18H21N3O4. The van der Waals surface area contributed by atoms with Crippen LogP contribution >= 0.6 is 0 Å². The molecule has 132 valence electrons. The number of nitrogens with zero attached hydrogens (tertiary/aromatic N) is 3. The van der Waals surface area contributed by atoms with Gasteiger partial charge in [-0.05, 0) is 32.3 Å². The standard InChI is InChI=1S/C18H21N3O4/c1-12-7-5-6-10-21(12)15(22)11-25-18(24)16-13-8-3-4-9-14(13)17(23)20(2)19-16/h3-4,8-9,12H,5-7,10-11H2,1-2H3. The highest BCUT2D eigenvalue weighted by atomic mass is 16.5. The number of amides is 1. The molecule has 1 saturated heterocycles. The highest BCUT2D eigenvalue weighted by Gasteiger charge is 2.25. The van der Waals surface area contributed by atoms with Gasteiger partial charge in [0.25, 0.3) is 11.5 Å². The van der Waals surface area contributed by atoms with Gasteiger partial charge in [-0.25, -0.2) is 9.48 Å². The summed E-state index contributed by atoms with van der Waals surface area (Å²) in [6, 6.07) is 6.89. The molecule has 0 aliphatic carbocycles. The number of aryl methyl sites for hydroxylation is 1. The van der Waals surface area contributed by atoms with Crippen molar-refractivity contribution in [3.63, 3.8) is 0 Å². The summed E-state index contributed by atoms with van der Waals surface area (Å²) in [5, 5.41) is 4.83. The monoisotopic (exact) mass is 343 g/mol. The molecule has 0 spiro atoms. The van der Waals surface area contributed by atoms with Gasteiger partial charge >= 0.3 is 5.97 Å². The van der Waals surface area contributed by atoms with Gasteiger partial charge in [-0.1, -0.05) is 18.2 Å². The molecule has 1 atom stereocenters. The highest BCUT2D eigenvalue weighted by molar-refractivity contribution is 6.02. The average Bonchev–Trinajstić information content (AvgIpc) is 2.63. The Morgan fingerprint density at radius 2 is 1.96 bits per heavy atom. The van der Waals surface area contributed by atoms with E-state index in [4.69, 9.17) is 4.74 Å². The maximum Gasteiger partial charge on any atom is 0.359 e. The van der Waals surface area contributed by atoms with Crippen molar-refractivity contribution in [1.82, 2.24) is 14.7 Å². The number of ether oxygens (including phenoxy) is 1. The van der Waals surface area contributed by atoms with Crippen LogP contribution in [-0.2, 0) is 16.6 Å². The Kier molecular flexibility index (Phi) is 4.83. The number of esters is 1. The van der Waals surface area contributed by atoms with Gasteiger partial charge in [0.05, 0.1) is 5.39 Å². The molecule has 25 heavy (non-hydrogen) atoms. The van der Waals surface area contributed by atoms with Crippen LogP contribution in [0, 0.1) is 0 Å². The Bertz CT molecular complexity index is 874. The van der Waals surface area contributed by atoms with Crippen LogP contribution in [0.2, 0.25) is 0 Å². The molecule has 0 saturated carbocycles. The normalized spacial score (nSPS) is 17.5. The molecule has 7 heteroatoms. The zero-order chi connectivity index (χ0) is 18.0. The molecular weight excluding hydrogens is 322 g/mol. The van der Waals surface area contributed by atoms with E-state index in [1.807, 2.05) is 6.92 Å². The zero-order valence-electron chi connectivity index (χ0n) is 14.4. The van der Waals surface area contributed by atoms with Crippen LogP contribution in [0.3, 0.4) is 0 Å². The molecule has 7 nitrogen and oxygen atoms in total. The Morgan fingerprint density at radius 1 is 1.24 bits per heavy atom. The van der Waals surface area contributed by atoms with E-state index in [0.717, 1.165) is 23.9 Å². The Morgan fingerprint density at radius 3 is 2.68 bits per heavy atom. The summed E-state index contributed by atoms with van der Waals surface area (Å²) in [6.45, 7) is 2.38. The van der Waals surface area contributed by atoms with Crippen molar-refractivity contribution < 1.29 is 14.3 Å². The first-order valence-corrected chi connectivity index (χ1v) is 8.41. The quantitative estimate of drug-likeness (QED) is 0.789. The van der Waals surface area contributed by atoms with Crippen molar-refractivity contribution in [1.29, 1.82) is 0 Å². The lowest BCUT2D eigenvalue weighted by Crippen LogP contribution is -2.44. The van der Waals surface area contributed by atoms with Crippen LogP contribution in [0.1, 0.15) is 36.7 Å². The molecule has 2 heterocycles. The Labute approximate surface area is 145 Å². The smallest absolute Gasteiger partial charge is 0.359 e. The van der Waals surface area contributed by atoms with Crippen molar-refractivity contribution in [3.8, 4) is 0 Å². The fourth-order valence-electron chi connectivity index (χ4n) is 3.20. The number of piperidine rings is 1. The van der Waals surface area contributed by atoms with Crippen molar-refractivity contribution >= 4 is 22.6 Å². The van der Waals surface area contributed by atoms with Crippen molar-refractivity contribution in [2.45, 2.75) is 32.2 Å². The number of rotatable bonds is 3. The minimum Gasteiger partial charge on any atom is -0.451 e. The first-order chi connectivity index (χ1) is 12.0. The molecule has 0 N–H and O–H groups in total. The molecule has 3 rings (SSSR count). The molecule has 1 amide bonds. The largest absolute Gasteiger partial charge is 0.451 e. The maximum absolute atomic E-state index is 12.4. The number of benzene rings is 1. The lowest BCUT2D eigenvalue weighted by molar-refractivity contribution is -0.137. The predicted molar refractivity (Wildman–Crippen MR) is 92.3 cm³/mol. The molecule has 0 radical (unpaired) electrons. The summed E-state index contributed by atoms with van der Waals surface area (Å²) < 4.78 is 6.29. The fraction of sp³-hybridized carbons (Fsp3) is 0.444. The van der Waals surface area contributed by atoms with Crippen LogP contribution in [0.4, 0.5) is 0 Å². The average molecular weight is 343 g/mol. The second-order valence-electron chi connectivity index (χ2n) is 6.33. The molecule has 1 fully saturated rings. The van der Waals surface area contributed by atoms with Crippen molar-refractivity contribution in [2.24, 2.45) is 7.05 Å². The summed E-state index contributed by atoms with van der Waals surface area (Å²) in [4.78, 5) is 38.6. The van der Waals surface area contributed by atoms with E-state index >= 15 is 0 Å². The van der Waals surface area contributed by atoms with Gasteiger partial charge in [-0.2, -0.15) is 5.10 Å². The molecule has 1 aromatic heterocycles. The van der Waals surface area contributed by atoms with Gasteiger partial charge in [0, 0.05) is 25.0 Å². The van der Waals surface area contributed by atoms with E-state index in [1.165, 1.54) is 7.05 Å². The second-order valence-corrected chi connectivity index (χ2v) is 6.33. The number of hydrogen-bond acceptors (Lipinski definition) is 5. The van der Waals surface area contributed by atoms with Crippen LogP contribution < -0.4 is 5.56 Å². The van der Waals surface area contributed by atoms with Crippen LogP contribution in [0.5, 0.6) is 0 Å². The predicted octanol–water partition coefficient (Wildman–Crippen LogP) is 1.49. The van der Waals surface area contributed by atoms with Crippen LogP contribution in [-0.4, -0.2) is 45.8 Å². The molecule has 1 aliphatic rings. The van der Waals surface area contributed by atoms with Gasteiger partial charge in [0.2, 0.25) is 0 Å². The Balaban J connectivity index is 1.78. The number of likely N-dealkylation sites (tertiary alicyclic amines) is 1. The number of fused-ring (bicyclic) bond motifs is 1. The third-order valence-electron chi connectivity index (χ3n) is 4.60. The molecule has 1 aliphatic heterocycles. The summed E-state index contributed by atoms with van der Waals surface area (Å²) in [5.41, 5.74) is -0.248. The third-order valence-corrected chi connectivity index (χ3v) is 4.60. The summed E-state index contributed by atoms with van der Waals surface area (Å²) in [6.07, 6.45) is 3.04. The van der Waals surface area contributed by atoms with Gasteiger partial charge in [-0.15, -0.1) is 0 Å². The number of carbonyl (C=O) groups excluding carboxylic acids is 2. The first-order valence-electron chi connectivity index (χ1n) is 8.41. The summed E-state index contributed by atoms with van der Waals surface area (Å²) >= 11 is 0. The summed E-state index contributed by atoms with van der Waals surface area (Å²) in [5.74, 6) is -0.903. The first kappa shape index (κ1) is 17.1. The van der Waals surface area contributed by atoms with E-state index in [-0.39, 0.29) is 29.8 Å². The highest BCUT2D eigenvalue weighted by Crippen LogP contribution is 2.17. The van der Waals surface area contributed by atoms with Crippen LogP contribution in [0.25, 0.3) is 10.8 Å². The fourth-order valence-corrected chi connectivity index (χ4v) is 3.20. The number of carbonyl (C=O) groups is 2. The maximum atomic E-state index is 12.4. The topological polar surface area (TPSA) is 81.5 Å². The van der Waals surface area contributed by atoms with Crippen molar-refractivity contribution in [3.05, 3.63) is 40.3 Å². The minimum absolute atomic E-state index is 0.0391. The van der Waals surface area contributed by atoms with Gasteiger partial charge in [-0.3, -0.25) is 9.59 Å². The molecule has 1 unspecified atom stereocenters. The van der Waals surface area contributed by atoms with Gasteiger partial charge in [0.15, 0.2) is 12.3 Å². The van der Waals surface area contributed by atoms with Gasteiger partial charge < -0.3 is 9.64 Å². The van der Waals surface area contributed by atoms with E-state index in [9.17, 15) is 14.4 Å².